The molecule has 2 N–H and O–H groups in total. The lowest BCUT2D eigenvalue weighted by molar-refractivity contribution is 0.0981. The SMILES string of the molecule is Cc1ccc(OCCCC2CCCO2)c(CCN)c1. The van der Waals surface area contributed by atoms with Crippen molar-refractivity contribution in [3.8, 4) is 5.75 Å². The Kier molecular flexibility index (Phi) is 5.67. The zero-order chi connectivity index (χ0) is 13.5. The molecule has 1 aliphatic rings. The third-order valence-corrected chi connectivity index (χ3v) is 3.58. The van der Waals surface area contributed by atoms with Crippen LogP contribution in [0.2, 0.25) is 0 Å². The molecule has 1 saturated heterocycles. The van der Waals surface area contributed by atoms with Crippen molar-refractivity contribution >= 4 is 0 Å². The molecule has 106 valence electrons. The molecule has 0 aromatic heterocycles. The van der Waals surface area contributed by atoms with Gasteiger partial charge in [-0.2, -0.15) is 0 Å². The van der Waals surface area contributed by atoms with E-state index in [4.69, 9.17) is 15.2 Å². The Bertz CT molecular complexity index is 386. The second-order valence-corrected chi connectivity index (χ2v) is 5.28. The van der Waals surface area contributed by atoms with Crippen molar-refractivity contribution in [2.45, 2.75) is 45.1 Å². The standard InChI is InChI=1S/C16H25NO2/c1-13-6-7-16(14(12-13)8-9-17)19-11-3-5-15-4-2-10-18-15/h6-7,12,15H,2-5,8-11,17H2,1H3. The Labute approximate surface area is 116 Å². The molecule has 0 amide bonds. The summed E-state index contributed by atoms with van der Waals surface area (Å²) in [5.41, 5.74) is 8.13. The molecule has 2 rings (SSSR count). The van der Waals surface area contributed by atoms with Gasteiger partial charge in [0.05, 0.1) is 12.7 Å². The summed E-state index contributed by atoms with van der Waals surface area (Å²) in [6, 6.07) is 6.32. The first-order valence-electron chi connectivity index (χ1n) is 7.33. The molecule has 1 aromatic rings. The summed E-state index contributed by atoms with van der Waals surface area (Å²) in [7, 11) is 0. The molecule has 0 radical (unpaired) electrons. The molecule has 3 nitrogen and oxygen atoms in total. The molecule has 1 atom stereocenters. The van der Waals surface area contributed by atoms with Crippen LogP contribution in [0.3, 0.4) is 0 Å². The van der Waals surface area contributed by atoms with E-state index in [2.05, 4.69) is 25.1 Å². The van der Waals surface area contributed by atoms with Crippen LogP contribution < -0.4 is 10.5 Å². The fourth-order valence-corrected chi connectivity index (χ4v) is 2.57. The van der Waals surface area contributed by atoms with Crippen LogP contribution in [0.25, 0.3) is 0 Å². The van der Waals surface area contributed by atoms with Gasteiger partial charge >= 0.3 is 0 Å². The average Bonchev–Trinajstić information content (AvgIpc) is 2.90. The maximum absolute atomic E-state index is 5.89. The van der Waals surface area contributed by atoms with E-state index in [1.807, 2.05) is 0 Å². The largest absolute Gasteiger partial charge is 0.493 e. The summed E-state index contributed by atoms with van der Waals surface area (Å²) in [4.78, 5) is 0. The van der Waals surface area contributed by atoms with E-state index in [9.17, 15) is 0 Å². The van der Waals surface area contributed by atoms with Crippen molar-refractivity contribution in [3.05, 3.63) is 29.3 Å². The van der Waals surface area contributed by atoms with Gasteiger partial charge in [0.2, 0.25) is 0 Å². The second kappa shape index (κ2) is 7.51. The summed E-state index contributed by atoms with van der Waals surface area (Å²) < 4.78 is 11.5. The van der Waals surface area contributed by atoms with Crippen LogP contribution >= 0.6 is 0 Å². The van der Waals surface area contributed by atoms with E-state index in [-0.39, 0.29) is 0 Å². The number of hydrogen-bond donors (Lipinski definition) is 1. The van der Waals surface area contributed by atoms with Crippen molar-refractivity contribution < 1.29 is 9.47 Å². The number of ether oxygens (including phenoxy) is 2. The Hall–Kier alpha value is -1.06. The lowest BCUT2D eigenvalue weighted by Crippen LogP contribution is -2.09. The van der Waals surface area contributed by atoms with Crippen LogP contribution in [0.4, 0.5) is 0 Å². The second-order valence-electron chi connectivity index (χ2n) is 5.28. The molecule has 0 spiro atoms. The van der Waals surface area contributed by atoms with Gasteiger partial charge in [0, 0.05) is 6.61 Å². The molecule has 1 fully saturated rings. The third-order valence-electron chi connectivity index (χ3n) is 3.58. The van der Waals surface area contributed by atoms with E-state index >= 15 is 0 Å². The van der Waals surface area contributed by atoms with Crippen molar-refractivity contribution in [1.29, 1.82) is 0 Å². The molecule has 0 bridgehead atoms. The summed E-state index contributed by atoms with van der Waals surface area (Å²) in [6.45, 7) is 4.46. The fourth-order valence-electron chi connectivity index (χ4n) is 2.57. The molecular weight excluding hydrogens is 238 g/mol. The van der Waals surface area contributed by atoms with Gasteiger partial charge in [-0.25, -0.2) is 0 Å². The summed E-state index contributed by atoms with van der Waals surface area (Å²) >= 11 is 0. The third kappa shape index (κ3) is 4.51. The fraction of sp³-hybridized carbons (Fsp3) is 0.625. The molecule has 3 heteroatoms. The van der Waals surface area contributed by atoms with Gasteiger partial charge in [-0.1, -0.05) is 17.7 Å². The Balaban J connectivity index is 1.77. The van der Waals surface area contributed by atoms with Crippen molar-refractivity contribution in [2.75, 3.05) is 19.8 Å². The van der Waals surface area contributed by atoms with Crippen LogP contribution in [0.15, 0.2) is 18.2 Å². The highest BCUT2D eigenvalue weighted by Crippen LogP contribution is 2.21. The predicted octanol–water partition coefficient (Wildman–Crippen LogP) is 2.83. The Morgan fingerprint density at radius 3 is 3.05 bits per heavy atom. The lowest BCUT2D eigenvalue weighted by Gasteiger charge is -2.13. The summed E-state index contributed by atoms with van der Waals surface area (Å²) in [5, 5.41) is 0. The van der Waals surface area contributed by atoms with E-state index in [0.29, 0.717) is 12.6 Å². The summed E-state index contributed by atoms with van der Waals surface area (Å²) in [6.07, 6.45) is 5.93. The Morgan fingerprint density at radius 1 is 1.42 bits per heavy atom. The van der Waals surface area contributed by atoms with Crippen LogP contribution in [-0.2, 0) is 11.2 Å². The first kappa shape index (κ1) is 14.4. The molecule has 19 heavy (non-hydrogen) atoms. The van der Waals surface area contributed by atoms with Crippen molar-refractivity contribution in [1.82, 2.24) is 0 Å². The Morgan fingerprint density at radius 2 is 2.32 bits per heavy atom. The maximum Gasteiger partial charge on any atom is 0.122 e. The zero-order valence-electron chi connectivity index (χ0n) is 11.9. The van der Waals surface area contributed by atoms with Crippen molar-refractivity contribution in [2.24, 2.45) is 5.73 Å². The van der Waals surface area contributed by atoms with Gasteiger partial charge in [0.1, 0.15) is 5.75 Å². The molecule has 1 aliphatic heterocycles. The van der Waals surface area contributed by atoms with Crippen LogP contribution in [0, 0.1) is 6.92 Å². The van der Waals surface area contributed by atoms with Gasteiger partial charge in [-0.05, 0) is 57.2 Å². The van der Waals surface area contributed by atoms with Crippen LogP contribution in [0.5, 0.6) is 5.75 Å². The molecular formula is C16H25NO2. The highest BCUT2D eigenvalue weighted by Gasteiger charge is 2.14. The zero-order valence-corrected chi connectivity index (χ0v) is 11.9. The van der Waals surface area contributed by atoms with Gasteiger partial charge in [-0.15, -0.1) is 0 Å². The topological polar surface area (TPSA) is 44.5 Å². The van der Waals surface area contributed by atoms with Crippen molar-refractivity contribution in [3.63, 3.8) is 0 Å². The van der Waals surface area contributed by atoms with Crippen LogP contribution in [-0.4, -0.2) is 25.9 Å². The maximum atomic E-state index is 5.89. The highest BCUT2D eigenvalue weighted by atomic mass is 16.5. The number of aryl methyl sites for hydroxylation is 1. The van der Waals surface area contributed by atoms with Gasteiger partial charge < -0.3 is 15.2 Å². The average molecular weight is 263 g/mol. The highest BCUT2D eigenvalue weighted by molar-refractivity contribution is 5.37. The monoisotopic (exact) mass is 263 g/mol. The van der Waals surface area contributed by atoms with Gasteiger partial charge in [-0.3, -0.25) is 0 Å². The number of nitrogens with two attached hydrogens (primary N) is 1. The van der Waals surface area contributed by atoms with Gasteiger partial charge in [0.15, 0.2) is 0 Å². The normalized spacial score (nSPS) is 18.7. The number of benzene rings is 1. The van der Waals surface area contributed by atoms with E-state index in [1.165, 1.54) is 24.0 Å². The molecule has 1 unspecified atom stereocenters. The number of rotatable bonds is 7. The first-order valence-corrected chi connectivity index (χ1v) is 7.33. The molecule has 0 aliphatic carbocycles. The quantitative estimate of drug-likeness (QED) is 0.769. The minimum Gasteiger partial charge on any atom is -0.493 e. The van der Waals surface area contributed by atoms with E-state index in [0.717, 1.165) is 38.2 Å². The van der Waals surface area contributed by atoms with E-state index < -0.39 is 0 Å². The molecule has 1 heterocycles. The van der Waals surface area contributed by atoms with E-state index in [1.54, 1.807) is 0 Å². The summed E-state index contributed by atoms with van der Waals surface area (Å²) in [5.74, 6) is 0.989. The lowest BCUT2D eigenvalue weighted by atomic mass is 10.1. The first-order chi connectivity index (χ1) is 9.29. The van der Waals surface area contributed by atoms with Gasteiger partial charge in [0.25, 0.3) is 0 Å². The predicted molar refractivity (Wildman–Crippen MR) is 77.6 cm³/mol. The van der Waals surface area contributed by atoms with Crippen LogP contribution in [0.1, 0.15) is 36.8 Å². The minimum atomic E-state index is 0.463. The minimum absolute atomic E-state index is 0.463. The molecule has 0 saturated carbocycles. The smallest absolute Gasteiger partial charge is 0.122 e. The molecule has 1 aromatic carbocycles. The number of hydrogen-bond acceptors (Lipinski definition) is 3.